The third kappa shape index (κ3) is 2.82. The summed E-state index contributed by atoms with van der Waals surface area (Å²) in [6.45, 7) is 2.14. The summed E-state index contributed by atoms with van der Waals surface area (Å²) in [7, 11) is 2.03. The lowest BCUT2D eigenvalue weighted by atomic mass is 9.97. The Hall–Kier alpha value is -1.98. The van der Waals surface area contributed by atoms with Crippen LogP contribution >= 0.6 is 0 Å². The lowest BCUT2D eigenvalue weighted by Crippen LogP contribution is -2.49. The van der Waals surface area contributed by atoms with E-state index >= 15 is 0 Å². The Balaban J connectivity index is 1.33. The highest BCUT2D eigenvalue weighted by Gasteiger charge is 2.22. The first-order valence-electron chi connectivity index (χ1n) is 7.63. The van der Waals surface area contributed by atoms with Crippen LogP contribution in [-0.4, -0.2) is 31.7 Å². The molecular weight excluding hydrogens is 275 g/mol. The minimum atomic E-state index is 0.298. The minimum Gasteiger partial charge on any atom is -0.492 e. The largest absolute Gasteiger partial charge is 0.492 e. The van der Waals surface area contributed by atoms with E-state index in [1.165, 1.54) is 11.1 Å². The third-order valence-corrected chi connectivity index (χ3v) is 4.10. The van der Waals surface area contributed by atoms with Crippen molar-refractivity contribution in [3.63, 3.8) is 0 Å². The van der Waals surface area contributed by atoms with Gasteiger partial charge in [-0.2, -0.15) is 0 Å². The zero-order valence-electron chi connectivity index (χ0n) is 12.4. The molecule has 0 fully saturated rings. The molecular formula is C17H18BN2O2. The molecule has 4 rings (SSSR count). The van der Waals surface area contributed by atoms with Gasteiger partial charge in [0.05, 0.1) is 0 Å². The average Bonchev–Trinajstić information content (AvgIpc) is 2.59. The standard InChI is InChI=1S/C17H18BN2O2/c1-3-7-16-13(5-1)9-15(11-21-16)19-18-20-10-14-6-2-4-8-17(14)22-12-20/h1-8,15,19H,9-12H2. The van der Waals surface area contributed by atoms with Gasteiger partial charge in [-0.05, 0) is 24.1 Å². The van der Waals surface area contributed by atoms with E-state index in [4.69, 9.17) is 9.47 Å². The summed E-state index contributed by atoms with van der Waals surface area (Å²) < 4.78 is 11.6. The second kappa shape index (κ2) is 6.03. The van der Waals surface area contributed by atoms with Gasteiger partial charge in [0.2, 0.25) is 0 Å². The molecule has 22 heavy (non-hydrogen) atoms. The zero-order valence-corrected chi connectivity index (χ0v) is 12.4. The van der Waals surface area contributed by atoms with Gasteiger partial charge in [0.1, 0.15) is 24.8 Å². The molecule has 0 saturated carbocycles. The van der Waals surface area contributed by atoms with E-state index in [0.29, 0.717) is 19.4 Å². The summed E-state index contributed by atoms with van der Waals surface area (Å²) in [6.07, 6.45) is 0.984. The number of para-hydroxylation sites is 2. The Kier molecular flexibility index (Phi) is 3.75. The van der Waals surface area contributed by atoms with E-state index in [-0.39, 0.29) is 0 Å². The summed E-state index contributed by atoms with van der Waals surface area (Å²) in [5.74, 6) is 2.00. The van der Waals surface area contributed by atoms with Crippen LogP contribution in [0, 0.1) is 0 Å². The van der Waals surface area contributed by atoms with Crippen LogP contribution in [-0.2, 0) is 13.0 Å². The van der Waals surface area contributed by atoms with Gasteiger partial charge in [0.15, 0.2) is 0 Å². The van der Waals surface area contributed by atoms with Crippen molar-refractivity contribution in [1.29, 1.82) is 0 Å². The Morgan fingerprint density at radius 3 is 2.55 bits per heavy atom. The number of rotatable bonds is 3. The van der Waals surface area contributed by atoms with Crippen LogP contribution in [0.3, 0.4) is 0 Å². The van der Waals surface area contributed by atoms with Crippen LogP contribution in [0.1, 0.15) is 11.1 Å². The molecule has 0 saturated heterocycles. The summed E-state index contributed by atoms with van der Waals surface area (Å²) in [6, 6.07) is 16.7. The van der Waals surface area contributed by atoms with Gasteiger partial charge < -0.3 is 14.7 Å². The SMILES string of the molecule is [B](NC1COc2ccccc2C1)N1COc2ccccc2C1. The summed E-state index contributed by atoms with van der Waals surface area (Å²) in [5.41, 5.74) is 2.48. The van der Waals surface area contributed by atoms with Crippen LogP contribution < -0.4 is 14.7 Å². The normalized spacial score (nSPS) is 20.3. The quantitative estimate of drug-likeness (QED) is 0.877. The van der Waals surface area contributed by atoms with E-state index in [2.05, 4.69) is 28.2 Å². The van der Waals surface area contributed by atoms with Crippen molar-refractivity contribution in [2.24, 2.45) is 0 Å². The maximum Gasteiger partial charge on any atom is 0.313 e. The van der Waals surface area contributed by atoms with Crippen molar-refractivity contribution in [3.8, 4) is 11.5 Å². The van der Waals surface area contributed by atoms with E-state index < -0.39 is 0 Å². The molecule has 2 aliphatic heterocycles. The highest BCUT2D eigenvalue weighted by molar-refractivity contribution is 6.28. The molecule has 5 heteroatoms. The number of nitrogens with one attached hydrogen (secondary N) is 1. The lowest BCUT2D eigenvalue weighted by Gasteiger charge is -2.31. The van der Waals surface area contributed by atoms with Crippen molar-refractivity contribution in [2.75, 3.05) is 13.3 Å². The maximum absolute atomic E-state index is 5.80. The molecule has 1 radical (unpaired) electrons. The minimum absolute atomic E-state index is 0.298. The smallest absolute Gasteiger partial charge is 0.313 e. The van der Waals surface area contributed by atoms with Gasteiger partial charge in [-0.15, -0.1) is 0 Å². The second-order valence-corrected chi connectivity index (χ2v) is 5.74. The van der Waals surface area contributed by atoms with Gasteiger partial charge in [-0.1, -0.05) is 36.4 Å². The Morgan fingerprint density at radius 2 is 1.68 bits per heavy atom. The first kappa shape index (κ1) is 13.7. The molecule has 2 heterocycles. The molecule has 0 aromatic heterocycles. The third-order valence-electron chi connectivity index (χ3n) is 4.10. The van der Waals surface area contributed by atoms with Gasteiger partial charge in [0.25, 0.3) is 0 Å². The predicted molar refractivity (Wildman–Crippen MR) is 85.8 cm³/mol. The molecule has 0 aliphatic carbocycles. The Labute approximate surface area is 131 Å². The number of nitrogens with zero attached hydrogens (tertiary/aromatic N) is 1. The fraction of sp³-hybridized carbons (Fsp3) is 0.294. The van der Waals surface area contributed by atoms with Crippen LogP contribution in [0.4, 0.5) is 0 Å². The molecule has 0 amide bonds. The van der Waals surface area contributed by atoms with Crippen molar-refractivity contribution in [3.05, 3.63) is 59.7 Å². The highest BCUT2D eigenvalue weighted by atomic mass is 16.5. The lowest BCUT2D eigenvalue weighted by molar-refractivity contribution is 0.165. The molecule has 0 bridgehead atoms. The van der Waals surface area contributed by atoms with Gasteiger partial charge >= 0.3 is 7.55 Å². The van der Waals surface area contributed by atoms with E-state index in [0.717, 1.165) is 24.5 Å². The van der Waals surface area contributed by atoms with Crippen molar-refractivity contribution >= 4 is 7.55 Å². The van der Waals surface area contributed by atoms with Crippen LogP contribution in [0.2, 0.25) is 0 Å². The molecule has 1 unspecified atom stereocenters. The van der Waals surface area contributed by atoms with E-state index in [1.54, 1.807) is 0 Å². The number of hydrogen-bond acceptors (Lipinski definition) is 4. The van der Waals surface area contributed by atoms with Gasteiger partial charge in [0, 0.05) is 18.2 Å². The van der Waals surface area contributed by atoms with E-state index in [1.807, 2.05) is 37.9 Å². The molecule has 2 aromatic rings. The molecule has 4 nitrogen and oxygen atoms in total. The van der Waals surface area contributed by atoms with Gasteiger partial charge in [-0.3, -0.25) is 4.81 Å². The summed E-state index contributed by atoms with van der Waals surface area (Å²) in [4.78, 5) is 2.14. The average molecular weight is 293 g/mol. The predicted octanol–water partition coefficient (Wildman–Crippen LogP) is 1.97. The highest BCUT2D eigenvalue weighted by Crippen LogP contribution is 2.25. The molecule has 2 aromatic carbocycles. The fourth-order valence-corrected chi connectivity index (χ4v) is 2.92. The van der Waals surface area contributed by atoms with Crippen LogP contribution in [0.25, 0.3) is 0 Å². The fourth-order valence-electron chi connectivity index (χ4n) is 2.92. The number of benzene rings is 2. The number of hydrogen-bond donors (Lipinski definition) is 1. The Morgan fingerprint density at radius 1 is 0.955 bits per heavy atom. The molecule has 2 aliphatic rings. The first-order chi connectivity index (χ1) is 10.9. The second-order valence-electron chi connectivity index (χ2n) is 5.74. The first-order valence-corrected chi connectivity index (χ1v) is 7.63. The van der Waals surface area contributed by atoms with Crippen LogP contribution in [0.5, 0.6) is 11.5 Å². The monoisotopic (exact) mass is 293 g/mol. The molecule has 0 spiro atoms. The topological polar surface area (TPSA) is 33.7 Å². The maximum atomic E-state index is 5.80. The zero-order chi connectivity index (χ0) is 14.8. The molecule has 1 atom stereocenters. The number of ether oxygens (including phenoxy) is 2. The molecule has 1 N–H and O–H groups in total. The van der Waals surface area contributed by atoms with Crippen LogP contribution in [0.15, 0.2) is 48.5 Å². The summed E-state index contributed by atoms with van der Waals surface area (Å²) in [5, 5.41) is 3.46. The number of fused-ring (bicyclic) bond motifs is 2. The van der Waals surface area contributed by atoms with E-state index in [9.17, 15) is 0 Å². The summed E-state index contributed by atoms with van der Waals surface area (Å²) >= 11 is 0. The van der Waals surface area contributed by atoms with Crippen molar-refractivity contribution < 1.29 is 9.47 Å². The Bertz CT molecular complexity index is 607. The van der Waals surface area contributed by atoms with Crippen molar-refractivity contribution in [1.82, 2.24) is 10.0 Å². The molecule has 111 valence electrons. The van der Waals surface area contributed by atoms with Crippen molar-refractivity contribution in [2.45, 2.75) is 19.0 Å². The van der Waals surface area contributed by atoms with Gasteiger partial charge in [-0.25, -0.2) is 0 Å².